The molecule has 5 N–H and O–H groups in total. The Morgan fingerprint density at radius 2 is 2.14 bits per heavy atom. The first-order valence-electron chi connectivity index (χ1n) is 3.96. The van der Waals surface area contributed by atoms with E-state index in [1.54, 1.807) is 0 Å². The first-order valence-corrected chi connectivity index (χ1v) is 3.96. The highest BCUT2D eigenvalue weighted by molar-refractivity contribution is 6.02. The van der Waals surface area contributed by atoms with Crippen LogP contribution in [0.25, 0.3) is 0 Å². The highest BCUT2D eigenvalue weighted by Crippen LogP contribution is 2.22. The molecule has 1 aromatic carbocycles. The molecule has 0 aromatic heterocycles. The summed E-state index contributed by atoms with van der Waals surface area (Å²) >= 11 is 0. The molecule has 0 amide bonds. The monoisotopic (exact) mass is 193 g/mol. The lowest BCUT2D eigenvalue weighted by Gasteiger charge is -2.08. The molecule has 0 saturated carbocycles. The van der Waals surface area contributed by atoms with Crippen molar-refractivity contribution in [1.29, 1.82) is 0 Å². The minimum absolute atomic E-state index is 0.165. The first-order chi connectivity index (χ1) is 6.60. The van der Waals surface area contributed by atoms with Crippen molar-refractivity contribution in [2.75, 3.05) is 11.2 Å². The molecule has 0 fully saturated rings. The summed E-state index contributed by atoms with van der Waals surface area (Å²) < 4.78 is 0. The van der Waals surface area contributed by atoms with Gasteiger partial charge in [-0.1, -0.05) is 0 Å². The predicted octanol–water partition coefficient (Wildman–Crippen LogP) is 0.570. The van der Waals surface area contributed by atoms with Crippen LogP contribution in [0.2, 0.25) is 0 Å². The van der Waals surface area contributed by atoms with Crippen LogP contribution in [-0.2, 0) is 0 Å². The summed E-state index contributed by atoms with van der Waals surface area (Å²) in [6, 6.07) is 2.88. The van der Waals surface area contributed by atoms with E-state index in [1.165, 1.54) is 19.1 Å². The molecule has 1 aromatic rings. The molecule has 14 heavy (non-hydrogen) atoms. The highest BCUT2D eigenvalue weighted by atomic mass is 16.1. The summed E-state index contributed by atoms with van der Waals surface area (Å²) in [5, 5.41) is 0. The normalized spacial score (nSPS) is 9.57. The molecular formula is C9H11N3O2. The summed E-state index contributed by atoms with van der Waals surface area (Å²) in [4.78, 5) is 21.7. The highest BCUT2D eigenvalue weighted by Gasteiger charge is 2.10. The molecule has 0 unspecified atom stereocenters. The Balaban J connectivity index is 3.38. The minimum Gasteiger partial charge on any atom is -0.398 e. The van der Waals surface area contributed by atoms with E-state index in [1.807, 2.05) is 0 Å². The number of nitrogens with two attached hydrogens (primary N) is 2. The van der Waals surface area contributed by atoms with Crippen molar-refractivity contribution in [1.82, 2.24) is 0 Å². The second-order valence-electron chi connectivity index (χ2n) is 2.85. The Labute approximate surface area is 81.0 Å². The molecule has 5 nitrogen and oxygen atoms in total. The van der Waals surface area contributed by atoms with E-state index in [4.69, 9.17) is 11.6 Å². The molecule has 1 rings (SSSR count). The van der Waals surface area contributed by atoms with Gasteiger partial charge in [0.15, 0.2) is 12.1 Å². The lowest BCUT2D eigenvalue weighted by Crippen LogP contribution is -2.12. The maximum absolute atomic E-state index is 11.1. The molecule has 0 aliphatic heterocycles. The second-order valence-corrected chi connectivity index (χ2v) is 2.85. The topological polar surface area (TPSA) is 98.2 Å². The summed E-state index contributed by atoms with van der Waals surface area (Å²) in [6.07, 6.45) is 0.611. The van der Waals surface area contributed by atoms with Crippen LogP contribution in [0.3, 0.4) is 0 Å². The van der Waals surface area contributed by atoms with Gasteiger partial charge in [0.05, 0.1) is 5.69 Å². The number of rotatable bonds is 3. The summed E-state index contributed by atoms with van der Waals surface area (Å²) in [5.74, 6) is 5.04. The lowest BCUT2D eigenvalue weighted by molar-refractivity contribution is 0.101. The van der Waals surface area contributed by atoms with Crippen molar-refractivity contribution in [2.45, 2.75) is 6.92 Å². The summed E-state index contributed by atoms with van der Waals surface area (Å²) in [6.45, 7) is 1.40. The molecule has 0 atom stereocenters. The zero-order valence-electron chi connectivity index (χ0n) is 7.70. The van der Waals surface area contributed by atoms with Gasteiger partial charge in [0, 0.05) is 16.8 Å². The average Bonchev–Trinajstić information content (AvgIpc) is 2.17. The molecule has 0 radical (unpaired) electrons. The Morgan fingerprint density at radius 1 is 1.50 bits per heavy atom. The SMILES string of the molecule is CC(=O)c1cc(N)c(C=O)cc1NN. The number of aldehydes is 1. The average molecular weight is 193 g/mol. The molecule has 0 spiro atoms. The van der Waals surface area contributed by atoms with Crippen molar-refractivity contribution >= 4 is 23.4 Å². The quantitative estimate of drug-likeness (QED) is 0.214. The third kappa shape index (κ3) is 1.72. The minimum atomic E-state index is -0.165. The van der Waals surface area contributed by atoms with E-state index < -0.39 is 0 Å². The fourth-order valence-electron chi connectivity index (χ4n) is 1.15. The maximum atomic E-state index is 11.1. The number of anilines is 2. The predicted molar refractivity (Wildman–Crippen MR) is 54.1 cm³/mol. The van der Waals surface area contributed by atoms with E-state index in [2.05, 4.69) is 5.43 Å². The Morgan fingerprint density at radius 3 is 2.57 bits per heavy atom. The van der Waals surface area contributed by atoms with Gasteiger partial charge in [0.1, 0.15) is 0 Å². The van der Waals surface area contributed by atoms with Crippen LogP contribution in [-0.4, -0.2) is 12.1 Å². The Bertz CT molecular complexity index is 388. The van der Waals surface area contributed by atoms with E-state index in [9.17, 15) is 9.59 Å². The van der Waals surface area contributed by atoms with Crippen LogP contribution in [0, 0.1) is 0 Å². The van der Waals surface area contributed by atoms with Gasteiger partial charge in [-0.25, -0.2) is 0 Å². The number of hydrogen-bond acceptors (Lipinski definition) is 5. The van der Waals surface area contributed by atoms with E-state index in [0.717, 1.165) is 0 Å². The zero-order chi connectivity index (χ0) is 10.7. The number of nitrogen functional groups attached to an aromatic ring is 2. The van der Waals surface area contributed by atoms with Crippen LogP contribution in [0.1, 0.15) is 27.6 Å². The van der Waals surface area contributed by atoms with Gasteiger partial charge < -0.3 is 11.2 Å². The standard InChI is InChI=1S/C9H11N3O2/c1-5(14)7-3-8(10)6(4-13)2-9(7)12-11/h2-4,12H,10-11H2,1H3. The Kier molecular flexibility index (Phi) is 2.83. The van der Waals surface area contributed by atoms with Gasteiger partial charge in [-0.3, -0.25) is 15.4 Å². The van der Waals surface area contributed by atoms with Crippen molar-refractivity contribution in [3.63, 3.8) is 0 Å². The van der Waals surface area contributed by atoms with Crippen LogP contribution in [0.15, 0.2) is 12.1 Å². The van der Waals surface area contributed by atoms with E-state index >= 15 is 0 Å². The maximum Gasteiger partial charge on any atom is 0.162 e. The van der Waals surface area contributed by atoms with Gasteiger partial charge >= 0.3 is 0 Å². The Hall–Kier alpha value is -1.88. The largest absolute Gasteiger partial charge is 0.398 e. The van der Waals surface area contributed by atoms with Gasteiger partial charge in [-0.15, -0.1) is 0 Å². The lowest BCUT2D eigenvalue weighted by atomic mass is 10.0. The van der Waals surface area contributed by atoms with Gasteiger partial charge in [-0.05, 0) is 19.1 Å². The third-order valence-electron chi connectivity index (χ3n) is 1.88. The van der Waals surface area contributed by atoms with Crippen LogP contribution in [0.5, 0.6) is 0 Å². The van der Waals surface area contributed by atoms with Crippen LogP contribution < -0.4 is 17.0 Å². The van der Waals surface area contributed by atoms with E-state index in [-0.39, 0.29) is 11.5 Å². The van der Waals surface area contributed by atoms with Crippen molar-refractivity contribution in [3.8, 4) is 0 Å². The first kappa shape index (κ1) is 10.2. The summed E-state index contributed by atoms with van der Waals surface area (Å²) in [5.41, 5.74) is 9.23. The molecule has 5 heteroatoms. The smallest absolute Gasteiger partial charge is 0.162 e. The number of hydrogen-bond donors (Lipinski definition) is 3. The molecule has 0 heterocycles. The number of Topliss-reactive ketones (excluding diaryl/α,β-unsaturated/α-hetero) is 1. The molecule has 74 valence electrons. The van der Waals surface area contributed by atoms with Crippen LogP contribution in [0.4, 0.5) is 11.4 Å². The van der Waals surface area contributed by atoms with Gasteiger partial charge in [0.25, 0.3) is 0 Å². The molecule has 0 aliphatic carbocycles. The number of benzene rings is 1. The summed E-state index contributed by atoms with van der Waals surface area (Å²) in [7, 11) is 0. The van der Waals surface area contributed by atoms with Gasteiger partial charge in [0.2, 0.25) is 0 Å². The molecule has 0 saturated heterocycles. The van der Waals surface area contributed by atoms with Crippen molar-refractivity contribution < 1.29 is 9.59 Å². The van der Waals surface area contributed by atoms with Gasteiger partial charge in [-0.2, -0.15) is 0 Å². The third-order valence-corrected chi connectivity index (χ3v) is 1.88. The number of carbonyl (C=O) groups is 2. The molecule has 0 bridgehead atoms. The number of nitrogens with one attached hydrogen (secondary N) is 1. The second kappa shape index (κ2) is 3.89. The number of carbonyl (C=O) groups excluding carboxylic acids is 2. The van der Waals surface area contributed by atoms with Crippen molar-refractivity contribution in [2.24, 2.45) is 5.84 Å². The fourth-order valence-corrected chi connectivity index (χ4v) is 1.15. The number of hydrazine groups is 1. The number of ketones is 1. The van der Waals surface area contributed by atoms with Crippen molar-refractivity contribution in [3.05, 3.63) is 23.3 Å². The van der Waals surface area contributed by atoms with Crippen LogP contribution >= 0.6 is 0 Å². The molecular weight excluding hydrogens is 182 g/mol. The molecule has 0 aliphatic rings. The zero-order valence-corrected chi connectivity index (χ0v) is 7.70. The fraction of sp³-hybridized carbons (Fsp3) is 0.111. The van der Waals surface area contributed by atoms with E-state index in [0.29, 0.717) is 23.1 Å².